The Labute approximate surface area is 189 Å². The number of likely N-dealkylation sites (tertiary alicyclic amines) is 1. The number of aryl methyl sites for hydroxylation is 1. The number of rotatable bonds is 5. The minimum absolute atomic E-state index is 0.0296. The van der Waals surface area contributed by atoms with E-state index in [-0.39, 0.29) is 16.7 Å². The Balaban J connectivity index is 1.36. The van der Waals surface area contributed by atoms with Gasteiger partial charge in [0.2, 0.25) is 5.91 Å². The first-order valence-corrected chi connectivity index (χ1v) is 11.6. The number of hydrogen-bond donors (Lipinski definition) is 1. The zero-order valence-corrected chi connectivity index (χ0v) is 19.0. The zero-order valence-electron chi connectivity index (χ0n) is 16.7. The molecular formula is C22H23Cl2N3O2S. The quantitative estimate of drug-likeness (QED) is 0.562. The lowest BCUT2D eigenvalue weighted by Gasteiger charge is -2.31. The summed E-state index contributed by atoms with van der Waals surface area (Å²) in [6.07, 6.45) is 1.57. The molecule has 0 atom stereocenters. The highest BCUT2D eigenvalue weighted by molar-refractivity contribution is 7.16. The van der Waals surface area contributed by atoms with Crippen molar-refractivity contribution in [2.24, 2.45) is 5.92 Å². The van der Waals surface area contributed by atoms with Crippen LogP contribution in [0.5, 0.6) is 0 Å². The van der Waals surface area contributed by atoms with Crippen LogP contribution < -0.4 is 10.2 Å². The molecule has 1 saturated heterocycles. The maximum Gasteiger partial charge on any atom is 0.308 e. The van der Waals surface area contributed by atoms with Gasteiger partial charge in [0.05, 0.1) is 10.2 Å². The highest BCUT2D eigenvalue weighted by Gasteiger charge is 2.26. The van der Waals surface area contributed by atoms with Gasteiger partial charge in [-0.15, -0.1) is 0 Å². The number of thiazole rings is 1. The number of benzene rings is 2. The molecule has 5 nitrogen and oxygen atoms in total. The molecule has 158 valence electrons. The molecule has 0 aliphatic carbocycles. The summed E-state index contributed by atoms with van der Waals surface area (Å²) >= 11 is 13.8. The molecule has 1 N–H and O–H groups in total. The van der Waals surface area contributed by atoms with Gasteiger partial charge in [0, 0.05) is 40.3 Å². The van der Waals surface area contributed by atoms with Crippen LogP contribution in [0.2, 0.25) is 10.0 Å². The van der Waals surface area contributed by atoms with Crippen LogP contribution in [-0.4, -0.2) is 28.5 Å². The van der Waals surface area contributed by atoms with E-state index in [0.29, 0.717) is 23.1 Å². The molecular weight excluding hydrogens is 441 g/mol. The molecule has 2 aromatic carbocycles. The molecule has 0 spiro atoms. The van der Waals surface area contributed by atoms with E-state index in [1.54, 1.807) is 4.57 Å². The van der Waals surface area contributed by atoms with Crippen molar-refractivity contribution in [3.8, 4) is 0 Å². The summed E-state index contributed by atoms with van der Waals surface area (Å²) in [6, 6.07) is 11.2. The van der Waals surface area contributed by atoms with Crippen molar-refractivity contribution in [1.29, 1.82) is 0 Å². The van der Waals surface area contributed by atoms with Gasteiger partial charge in [-0.1, -0.05) is 40.6 Å². The Kier molecular flexibility index (Phi) is 6.48. The third-order valence-corrected chi connectivity index (χ3v) is 7.30. The fourth-order valence-electron chi connectivity index (χ4n) is 3.95. The van der Waals surface area contributed by atoms with Gasteiger partial charge in [0.15, 0.2) is 0 Å². The molecule has 1 aliphatic heterocycles. The standard InChI is InChI=1S/C22H23Cl2N3O2S/c1-2-27-19-7-6-15(12-20(19)30-22(27)29)25-21(28)14-8-10-26(11-9-14)13-16-17(23)4-3-5-18(16)24/h3-7,12,14H,2,8-11,13H2,1H3,(H,25,28). The van der Waals surface area contributed by atoms with E-state index in [4.69, 9.17) is 23.2 Å². The summed E-state index contributed by atoms with van der Waals surface area (Å²) in [5.74, 6) is 0.00435. The second kappa shape index (κ2) is 9.10. The number of aromatic nitrogens is 1. The second-order valence-corrected chi connectivity index (χ2v) is 9.34. The van der Waals surface area contributed by atoms with Gasteiger partial charge in [-0.25, -0.2) is 0 Å². The van der Waals surface area contributed by atoms with Crippen molar-refractivity contribution in [2.45, 2.75) is 32.9 Å². The van der Waals surface area contributed by atoms with E-state index in [1.165, 1.54) is 11.3 Å². The van der Waals surface area contributed by atoms with E-state index in [1.807, 2.05) is 43.3 Å². The van der Waals surface area contributed by atoms with Crippen molar-refractivity contribution in [1.82, 2.24) is 9.47 Å². The third-order valence-electron chi connectivity index (χ3n) is 5.65. The molecule has 1 aliphatic rings. The number of nitrogens with zero attached hydrogens (tertiary/aromatic N) is 2. The predicted octanol–water partition coefficient (Wildman–Crippen LogP) is 5.24. The molecule has 1 fully saturated rings. The zero-order chi connectivity index (χ0) is 21.3. The Bertz CT molecular complexity index is 1110. The number of halogens is 2. The molecule has 1 aromatic heterocycles. The first kappa shape index (κ1) is 21.4. The Hall–Kier alpha value is -1.86. The lowest BCUT2D eigenvalue weighted by Crippen LogP contribution is -2.37. The third kappa shape index (κ3) is 4.42. The van der Waals surface area contributed by atoms with E-state index in [2.05, 4.69) is 10.2 Å². The minimum Gasteiger partial charge on any atom is -0.326 e. The molecule has 2 heterocycles. The monoisotopic (exact) mass is 463 g/mol. The van der Waals surface area contributed by atoms with Gasteiger partial charge in [-0.3, -0.25) is 19.1 Å². The van der Waals surface area contributed by atoms with Gasteiger partial charge in [-0.05, 0) is 63.2 Å². The van der Waals surface area contributed by atoms with E-state index in [0.717, 1.165) is 47.4 Å². The maximum absolute atomic E-state index is 12.8. The summed E-state index contributed by atoms with van der Waals surface area (Å²) in [7, 11) is 0. The van der Waals surface area contributed by atoms with Gasteiger partial charge >= 0.3 is 4.87 Å². The van der Waals surface area contributed by atoms with Crippen LogP contribution in [0, 0.1) is 5.92 Å². The molecule has 4 rings (SSSR count). The van der Waals surface area contributed by atoms with Crippen molar-refractivity contribution in [3.63, 3.8) is 0 Å². The smallest absolute Gasteiger partial charge is 0.308 e. The second-order valence-electron chi connectivity index (χ2n) is 7.53. The first-order chi connectivity index (χ1) is 14.5. The van der Waals surface area contributed by atoms with E-state index in [9.17, 15) is 9.59 Å². The molecule has 1 amide bonds. The Morgan fingerprint density at radius 3 is 2.53 bits per heavy atom. The normalized spacial score (nSPS) is 15.6. The van der Waals surface area contributed by atoms with Crippen molar-refractivity contribution >= 4 is 56.3 Å². The van der Waals surface area contributed by atoms with Crippen LogP contribution in [-0.2, 0) is 17.9 Å². The van der Waals surface area contributed by atoms with Crippen molar-refractivity contribution < 1.29 is 4.79 Å². The number of piperidine rings is 1. The van der Waals surface area contributed by atoms with Crippen LogP contribution in [0.25, 0.3) is 10.2 Å². The van der Waals surface area contributed by atoms with Crippen molar-refractivity contribution in [2.75, 3.05) is 18.4 Å². The van der Waals surface area contributed by atoms with Gasteiger partial charge in [0.25, 0.3) is 0 Å². The molecule has 30 heavy (non-hydrogen) atoms. The molecule has 8 heteroatoms. The van der Waals surface area contributed by atoms with Crippen LogP contribution in [0.3, 0.4) is 0 Å². The minimum atomic E-state index is -0.0300. The molecule has 3 aromatic rings. The van der Waals surface area contributed by atoms with Crippen LogP contribution in [0.1, 0.15) is 25.3 Å². The average Bonchev–Trinajstić information content (AvgIpc) is 3.05. The predicted molar refractivity (Wildman–Crippen MR) is 125 cm³/mol. The topological polar surface area (TPSA) is 54.3 Å². The first-order valence-electron chi connectivity index (χ1n) is 10.1. The summed E-state index contributed by atoms with van der Waals surface area (Å²) in [5.41, 5.74) is 2.59. The largest absolute Gasteiger partial charge is 0.326 e. The summed E-state index contributed by atoms with van der Waals surface area (Å²) in [4.78, 5) is 27.1. The fraction of sp³-hybridized carbons (Fsp3) is 0.364. The summed E-state index contributed by atoms with van der Waals surface area (Å²) in [6.45, 7) is 4.92. The average molecular weight is 464 g/mol. The lowest BCUT2D eigenvalue weighted by atomic mass is 9.95. The number of fused-ring (bicyclic) bond motifs is 1. The molecule has 0 unspecified atom stereocenters. The van der Waals surface area contributed by atoms with E-state index >= 15 is 0 Å². The number of hydrogen-bond acceptors (Lipinski definition) is 4. The highest BCUT2D eigenvalue weighted by Crippen LogP contribution is 2.28. The number of amides is 1. The highest BCUT2D eigenvalue weighted by atomic mass is 35.5. The fourth-order valence-corrected chi connectivity index (χ4v) is 5.46. The van der Waals surface area contributed by atoms with Gasteiger partial charge in [-0.2, -0.15) is 0 Å². The number of carbonyl (C=O) groups excluding carboxylic acids is 1. The number of anilines is 1. The van der Waals surface area contributed by atoms with Gasteiger partial charge in [0.1, 0.15) is 0 Å². The SMILES string of the molecule is CCn1c(=O)sc2cc(NC(=O)C3CCN(Cc4c(Cl)cccc4Cl)CC3)ccc21. The maximum atomic E-state index is 12.8. The summed E-state index contributed by atoms with van der Waals surface area (Å²) < 4.78 is 2.64. The van der Waals surface area contributed by atoms with Crippen molar-refractivity contribution in [3.05, 3.63) is 61.7 Å². The number of carbonyl (C=O) groups is 1. The lowest BCUT2D eigenvalue weighted by molar-refractivity contribution is -0.121. The van der Waals surface area contributed by atoms with Crippen LogP contribution in [0.15, 0.2) is 41.2 Å². The Morgan fingerprint density at radius 2 is 1.87 bits per heavy atom. The van der Waals surface area contributed by atoms with Crippen LogP contribution >= 0.6 is 34.5 Å². The number of nitrogens with one attached hydrogen (secondary N) is 1. The van der Waals surface area contributed by atoms with Gasteiger partial charge < -0.3 is 5.32 Å². The molecule has 0 saturated carbocycles. The molecule has 0 radical (unpaired) electrons. The Morgan fingerprint density at radius 1 is 1.17 bits per heavy atom. The molecule has 0 bridgehead atoms. The summed E-state index contributed by atoms with van der Waals surface area (Å²) in [5, 5.41) is 4.38. The van der Waals surface area contributed by atoms with E-state index < -0.39 is 0 Å². The van der Waals surface area contributed by atoms with Crippen LogP contribution in [0.4, 0.5) is 5.69 Å².